The van der Waals surface area contributed by atoms with Gasteiger partial charge >= 0.3 is 0 Å². The number of nitrogens with zero attached hydrogens (tertiary/aromatic N) is 4. The number of nitrogens with two attached hydrogens (primary N) is 1. The minimum absolute atomic E-state index is 0.736. The quantitative estimate of drug-likeness (QED) is 0.727. The average molecular weight is 239 g/mol. The molecule has 0 fully saturated rings. The number of likely N-dealkylation sites (N-methyl/N-ethyl adjacent to an activating group) is 1. The van der Waals surface area contributed by atoms with Crippen molar-refractivity contribution in [3.05, 3.63) is 12.4 Å². The zero-order valence-electron chi connectivity index (χ0n) is 11.3. The minimum atomic E-state index is 0.736. The molecule has 1 heterocycles. The van der Waals surface area contributed by atoms with Crippen LogP contribution in [-0.2, 0) is 6.54 Å². The highest BCUT2D eigenvalue weighted by atomic mass is 15.3. The third-order valence-electron chi connectivity index (χ3n) is 2.70. The first kappa shape index (κ1) is 14.0. The van der Waals surface area contributed by atoms with Crippen LogP contribution in [0.15, 0.2) is 12.4 Å². The summed E-state index contributed by atoms with van der Waals surface area (Å²) in [5.41, 5.74) is 6.37. The number of aromatic nitrogens is 2. The van der Waals surface area contributed by atoms with E-state index in [9.17, 15) is 0 Å². The van der Waals surface area contributed by atoms with Crippen LogP contribution in [0, 0.1) is 0 Å². The van der Waals surface area contributed by atoms with E-state index < -0.39 is 0 Å². The summed E-state index contributed by atoms with van der Waals surface area (Å²) in [4.78, 5) is 4.69. The van der Waals surface area contributed by atoms with Crippen LogP contribution in [0.25, 0.3) is 0 Å². The summed E-state index contributed by atoms with van der Waals surface area (Å²) >= 11 is 0. The van der Waals surface area contributed by atoms with Gasteiger partial charge in [-0.1, -0.05) is 6.92 Å². The van der Waals surface area contributed by atoms with E-state index in [2.05, 4.69) is 35.9 Å². The van der Waals surface area contributed by atoms with E-state index >= 15 is 0 Å². The van der Waals surface area contributed by atoms with Gasteiger partial charge in [-0.2, -0.15) is 5.10 Å². The van der Waals surface area contributed by atoms with Crippen molar-refractivity contribution < 1.29 is 0 Å². The van der Waals surface area contributed by atoms with E-state index in [1.54, 1.807) is 6.20 Å². The van der Waals surface area contributed by atoms with Gasteiger partial charge in [0.15, 0.2) is 0 Å². The van der Waals surface area contributed by atoms with Crippen molar-refractivity contribution in [3.8, 4) is 0 Å². The van der Waals surface area contributed by atoms with E-state index in [0.717, 1.165) is 38.4 Å². The molecule has 0 aliphatic rings. The monoisotopic (exact) mass is 239 g/mol. The molecule has 17 heavy (non-hydrogen) atoms. The van der Waals surface area contributed by atoms with Crippen LogP contribution >= 0.6 is 0 Å². The second-order valence-electron chi connectivity index (χ2n) is 4.68. The Balaban J connectivity index is 2.33. The normalized spacial score (nSPS) is 11.6. The second-order valence-corrected chi connectivity index (χ2v) is 4.68. The molecule has 1 rings (SSSR count). The summed E-state index contributed by atoms with van der Waals surface area (Å²) in [5, 5.41) is 4.20. The molecule has 1 aromatic rings. The molecule has 0 saturated heterocycles. The lowest BCUT2D eigenvalue weighted by Crippen LogP contribution is -2.34. The molecule has 0 radical (unpaired) electrons. The number of anilines is 1. The molecule has 0 aromatic carbocycles. The van der Waals surface area contributed by atoms with Crippen LogP contribution in [0.2, 0.25) is 0 Å². The molecule has 0 bridgehead atoms. The van der Waals surface area contributed by atoms with Crippen LogP contribution in [-0.4, -0.2) is 59.9 Å². The topological polar surface area (TPSA) is 50.3 Å². The van der Waals surface area contributed by atoms with Crippen LogP contribution in [0.3, 0.4) is 0 Å². The van der Waals surface area contributed by atoms with Crippen molar-refractivity contribution in [2.45, 2.75) is 19.9 Å². The van der Waals surface area contributed by atoms with E-state index in [0.29, 0.717) is 0 Å². The highest BCUT2D eigenvalue weighted by Gasteiger charge is 2.05. The Labute approximate surface area is 104 Å². The molecule has 1 aromatic heterocycles. The van der Waals surface area contributed by atoms with Crippen LogP contribution in [0.4, 0.5) is 5.69 Å². The van der Waals surface area contributed by atoms with E-state index in [-0.39, 0.29) is 0 Å². The molecule has 5 heteroatoms. The molecule has 0 unspecified atom stereocenters. The van der Waals surface area contributed by atoms with Gasteiger partial charge < -0.3 is 15.5 Å². The number of hydrogen-bond acceptors (Lipinski definition) is 4. The first-order valence-corrected chi connectivity index (χ1v) is 6.27. The van der Waals surface area contributed by atoms with Gasteiger partial charge in [0, 0.05) is 25.8 Å². The molecular weight excluding hydrogens is 214 g/mol. The fourth-order valence-corrected chi connectivity index (χ4v) is 1.74. The number of hydrogen-bond donors (Lipinski definition) is 1. The maximum Gasteiger partial charge on any atom is 0.0719 e. The Morgan fingerprint density at radius 2 is 2.00 bits per heavy atom. The van der Waals surface area contributed by atoms with Gasteiger partial charge in [-0.15, -0.1) is 0 Å². The molecule has 0 aliphatic heterocycles. The minimum Gasteiger partial charge on any atom is -0.396 e. The van der Waals surface area contributed by atoms with Crippen molar-refractivity contribution in [3.63, 3.8) is 0 Å². The lowest BCUT2D eigenvalue weighted by Gasteiger charge is -2.23. The third-order valence-corrected chi connectivity index (χ3v) is 2.70. The lowest BCUT2D eigenvalue weighted by atomic mass is 10.4. The zero-order chi connectivity index (χ0) is 12.7. The lowest BCUT2D eigenvalue weighted by molar-refractivity contribution is 0.230. The Morgan fingerprint density at radius 1 is 1.24 bits per heavy atom. The first-order chi connectivity index (χ1) is 8.11. The van der Waals surface area contributed by atoms with E-state index in [1.807, 2.05) is 10.9 Å². The SMILES string of the molecule is CCCN(CCN(C)C)CCn1cc(N)cn1. The van der Waals surface area contributed by atoms with Crippen molar-refractivity contribution in [1.29, 1.82) is 0 Å². The third kappa shape index (κ3) is 5.70. The van der Waals surface area contributed by atoms with Gasteiger partial charge in [0.2, 0.25) is 0 Å². The summed E-state index contributed by atoms with van der Waals surface area (Å²) in [7, 11) is 4.22. The van der Waals surface area contributed by atoms with Gasteiger partial charge in [0.05, 0.1) is 18.4 Å². The molecule has 0 atom stereocenters. The van der Waals surface area contributed by atoms with Crippen molar-refractivity contribution in [2.24, 2.45) is 0 Å². The Kier molecular flexibility index (Phi) is 6.00. The zero-order valence-corrected chi connectivity index (χ0v) is 11.3. The summed E-state index contributed by atoms with van der Waals surface area (Å²) in [5.74, 6) is 0. The fourth-order valence-electron chi connectivity index (χ4n) is 1.74. The Hall–Kier alpha value is -1.07. The van der Waals surface area contributed by atoms with Crippen LogP contribution < -0.4 is 5.73 Å². The molecule has 5 nitrogen and oxygen atoms in total. The average Bonchev–Trinajstić information content (AvgIpc) is 2.68. The van der Waals surface area contributed by atoms with Gasteiger partial charge in [0.1, 0.15) is 0 Å². The second kappa shape index (κ2) is 7.29. The maximum atomic E-state index is 5.64. The Morgan fingerprint density at radius 3 is 2.53 bits per heavy atom. The smallest absolute Gasteiger partial charge is 0.0719 e. The standard InChI is InChI=1S/C12H25N5/c1-4-5-16(7-6-15(2)3)8-9-17-11-12(13)10-14-17/h10-11H,4-9,13H2,1-3H3. The van der Waals surface area contributed by atoms with Crippen molar-refractivity contribution >= 4 is 5.69 Å². The fraction of sp³-hybridized carbons (Fsp3) is 0.750. The number of nitrogen functional groups attached to an aromatic ring is 1. The van der Waals surface area contributed by atoms with Gasteiger partial charge in [0.25, 0.3) is 0 Å². The molecule has 0 aliphatic carbocycles. The van der Waals surface area contributed by atoms with E-state index in [1.165, 1.54) is 6.42 Å². The number of rotatable bonds is 8. The summed E-state index contributed by atoms with van der Waals surface area (Å²) in [6, 6.07) is 0. The largest absolute Gasteiger partial charge is 0.396 e. The van der Waals surface area contributed by atoms with Crippen LogP contribution in [0.5, 0.6) is 0 Å². The molecule has 0 saturated carbocycles. The van der Waals surface area contributed by atoms with Crippen LogP contribution in [0.1, 0.15) is 13.3 Å². The van der Waals surface area contributed by atoms with Gasteiger partial charge in [-0.3, -0.25) is 4.68 Å². The molecular formula is C12H25N5. The summed E-state index contributed by atoms with van der Waals surface area (Å²) in [6.45, 7) is 7.51. The molecule has 2 N–H and O–H groups in total. The Bertz CT molecular complexity index is 308. The van der Waals surface area contributed by atoms with Gasteiger partial charge in [-0.05, 0) is 27.1 Å². The van der Waals surface area contributed by atoms with Crippen molar-refractivity contribution in [1.82, 2.24) is 19.6 Å². The van der Waals surface area contributed by atoms with E-state index in [4.69, 9.17) is 5.73 Å². The van der Waals surface area contributed by atoms with Gasteiger partial charge in [-0.25, -0.2) is 0 Å². The first-order valence-electron chi connectivity index (χ1n) is 6.27. The summed E-state index contributed by atoms with van der Waals surface area (Å²) < 4.78 is 1.91. The summed E-state index contributed by atoms with van der Waals surface area (Å²) in [6.07, 6.45) is 4.77. The van der Waals surface area contributed by atoms with Crippen molar-refractivity contribution in [2.75, 3.05) is 46.0 Å². The predicted molar refractivity (Wildman–Crippen MR) is 71.9 cm³/mol. The highest BCUT2D eigenvalue weighted by molar-refractivity contribution is 5.30. The molecule has 0 spiro atoms. The highest BCUT2D eigenvalue weighted by Crippen LogP contribution is 1.99. The predicted octanol–water partition coefficient (Wildman–Crippen LogP) is 0.739. The molecule has 0 amide bonds. The molecule has 98 valence electrons. The maximum absolute atomic E-state index is 5.64.